The molecule has 2 rings (SSSR count). The van der Waals surface area contributed by atoms with Crippen molar-refractivity contribution in [1.29, 1.82) is 0 Å². The Balaban J connectivity index is 1.86. The molecule has 2 N–H and O–H groups in total. The van der Waals surface area contributed by atoms with E-state index in [0.717, 1.165) is 18.4 Å². The van der Waals surface area contributed by atoms with Gasteiger partial charge in [-0.15, -0.1) is 0 Å². The summed E-state index contributed by atoms with van der Waals surface area (Å²) in [5, 5.41) is 12.3. The predicted molar refractivity (Wildman–Crippen MR) is 71.1 cm³/mol. The zero-order chi connectivity index (χ0) is 13.0. The Bertz CT molecular complexity index is 387. The van der Waals surface area contributed by atoms with Gasteiger partial charge in [-0.25, -0.2) is 0 Å². The summed E-state index contributed by atoms with van der Waals surface area (Å²) in [5.41, 5.74) is 1.14. The number of amides is 1. The summed E-state index contributed by atoms with van der Waals surface area (Å²) in [6.45, 7) is 1.96. The first-order valence-corrected chi connectivity index (χ1v) is 6.66. The molecule has 1 unspecified atom stereocenters. The molecule has 0 radical (unpaired) electrons. The third kappa shape index (κ3) is 3.57. The van der Waals surface area contributed by atoms with Crippen LogP contribution in [0.15, 0.2) is 30.3 Å². The van der Waals surface area contributed by atoms with Gasteiger partial charge in [0.1, 0.15) is 0 Å². The van der Waals surface area contributed by atoms with Crippen molar-refractivity contribution in [2.24, 2.45) is 11.8 Å². The molecule has 0 heterocycles. The van der Waals surface area contributed by atoms with Crippen molar-refractivity contribution in [2.45, 2.75) is 32.2 Å². The Morgan fingerprint density at radius 3 is 2.61 bits per heavy atom. The van der Waals surface area contributed by atoms with Gasteiger partial charge in [-0.2, -0.15) is 0 Å². The Morgan fingerprint density at radius 2 is 2.06 bits per heavy atom. The van der Waals surface area contributed by atoms with Crippen molar-refractivity contribution < 1.29 is 9.90 Å². The number of hydrogen-bond donors (Lipinski definition) is 2. The van der Waals surface area contributed by atoms with Gasteiger partial charge in [-0.3, -0.25) is 4.79 Å². The molecular formula is C15H21NO2. The third-order valence-electron chi connectivity index (χ3n) is 3.63. The quantitative estimate of drug-likeness (QED) is 0.804. The van der Waals surface area contributed by atoms with Gasteiger partial charge in [-0.1, -0.05) is 37.3 Å². The zero-order valence-corrected chi connectivity index (χ0v) is 10.8. The van der Waals surface area contributed by atoms with Crippen LogP contribution >= 0.6 is 0 Å². The topological polar surface area (TPSA) is 49.3 Å². The van der Waals surface area contributed by atoms with E-state index in [1.54, 1.807) is 0 Å². The highest BCUT2D eigenvalue weighted by molar-refractivity contribution is 5.79. The maximum Gasteiger partial charge on any atom is 0.223 e. The summed E-state index contributed by atoms with van der Waals surface area (Å²) in [6, 6.07) is 9.75. The van der Waals surface area contributed by atoms with Crippen molar-refractivity contribution in [2.75, 3.05) is 6.61 Å². The molecule has 1 saturated carbocycles. The first kappa shape index (κ1) is 13.1. The van der Waals surface area contributed by atoms with Crippen LogP contribution in [0.4, 0.5) is 0 Å². The van der Waals surface area contributed by atoms with Crippen molar-refractivity contribution in [3.63, 3.8) is 0 Å². The minimum Gasteiger partial charge on any atom is -0.394 e. The van der Waals surface area contributed by atoms with Crippen LogP contribution < -0.4 is 5.32 Å². The molecule has 1 aliphatic rings. The zero-order valence-electron chi connectivity index (χ0n) is 10.8. The molecule has 0 bridgehead atoms. The maximum atomic E-state index is 12.0. The van der Waals surface area contributed by atoms with E-state index < -0.39 is 0 Å². The summed E-state index contributed by atoms with van der Waals surface area (Å²) >= 11 is 0. The van der Waals surface area contributed by atoms with Gasteiger partial charge in [0.2, 0.25) is 5.91 Å². The molecule has 0 aromatic heterocycles. The normalized spacial score (nSPS) is 18.1. The molecule has 0 aliphatic heterocycles. The predicted octanol–water partition coefficient (Wildman–Crippen LogP) is 1.75. The Morgan fingerprint density at radius 1 is 1.39 bits per heavy atom. The molecular weight excluding hydrogens is 226 g/mol. The van der Waals surface area contributed by atoms with E-state index in [2.05, 4.69) is 5.32 Å². The number of benzene rings is 1. The highest BCUT2D eigenvalue weighted by atomic mass is 16.3. The lowest BCUT2D eigenvalue weighted by molar-refractivity contribution is -0.126. The van der Waals surface area contributed by atoms with Gasteiger partial charge < -0.3 is 10.4 Å². The Hall–Kier alpha value is -1.35. The fourth-order valence-corrected chi connectivity index (χ4v) is 2.20. The number of carbonyl (C=O) groups excluding carboxylic acids is 1. The second-order valence-electron chi connectivity index (χ2n) is 5.20. The van der Waals surface area contributed by atoms with Crippen molar-refractivity contribution >= 4 is 5.91 Å². The van der Waals surface area contributed by atoms with Crippen LogP contribution in [-0.2, 0) is 11.2 Å². The molecule has 1 fully saturated rings. The summed E-state index contributed by atoms with van der Waals surface area (Å²) in [4.78, 5) is 12.0. The number of aliphatic hydroxyl groups excluding tert-OH is 1. The minimum atomic E-state index is -0.180. The average molecular weight is 247 g/mol. The monoisotopic (exact) mass is 247 g/mol. The second-order valence-corrected chi connectivity index (χ2v) is 5.20. The molecule has 98 valence electrons. The lowest BCUT2D eigenvalue weighted by atomic mass is 10.0. The standard InChI is InChI=1S/C15H21NO2/c1-11(13-7-8-13)15(18)16-14(10-17)9-12-5-3-2-4-6-12/h2-6,11,13-14,17H,7-10H2,1H3,(H,16,18)/t11?,14-/m0/s1. The van der Waals surface area contributed by atoms with Gasteiger partial charge in [0, 0.05) is 5.92 Å². The molecule has 1 aromatic rings. The van der Waals surface area contributed by atoms with Crippen LogP contribution in [0, 0.1) is 11.8 Å². The Kier molecular flexibility index (Phi) is 4.37. The lowest BCUT2D eigenvalue weighted by Gasteiger charge is -2.19. The van der Waals surface area contributed by atoms with E-state index >= 15 is 0 Å². The second kappa shape index (κ2) is 6.01. The van der Waals surface area contributed by atoms with Crippen molar-refractivity contribution in [3.8, 4) is 0 Å². The van der Waals surface area contributed by atoms with Crippen molar-refractivity contribution in [3.05, 3.63) is 35.9 Å². The molecule has 18 heavy (non-hydrogen) atoms. The van der Waals surface area contributed by atoms with Crippen LogP contribution in [0.2, 0.25) is 0 Å². The van der Waals surface area contributed by atoms with E-state index in [1.165, 1.54) is 0 Å². The summed E-state index contributed by atoms with van der Waals surface area (Å²) in [7, 11) is 0. The minimum absolute atomic E-state index is 0.0159. The average Bonchev–Trinajstić information content (AvgIpc) is 3.22. The summed E-state index contributed by atoms with van der Waals surface area (Å²) in [6.07, 6.45) is 3.01. The van der Waals surface area contributed by atoms with E-state index in [-0.39, 0.29) is 24.5 Å². The van der Waals surface area contributed by atoms with Gasteiger partial charge >= 0.3 is 0 Å². The van der Waals surface area contributed by atoms with E-state index in [4.69, 9.17) is 0 Å². The van der Waals surface area contributed by atoms with Crippen molar-refractivity contribution in [1.82, 2.24) is 5.32 Å². The van der Waals surface area contributed by atoms with Gasteiger partial charge in [0.05, 0.1) is 12.6 Å². The highest BCUT2D eigenvalue weighted by Crippen LogP contribution is 2.36. The highest BCUT2D eigenvalue weighted by Gasteiger charge is 2.33. The van der Waals surface area contributed by atoms with Gasteiger partial charge in [0.15, 0.2) is 0 Å². The molecule has 3 heteroatoms. The number of aliphatic hydroxyl groups is 1. The molecule has 1 amide bonds. The van der Waals surface area contributed by atoms with Gasteiger partial charge in [0.25, 0.3) is 0 Å². The number of hydrogen-bond acceptors (Lipinski definition) is 2. The SMILES string of the molecule is CC(C(=O)N[C@H](CO)Cc1ccccc1)C1CC1. The number of carbonyl (C=O) groups is 1. The molecule has 1 aliphatic carbocycles. The van der Waals surface area contributed by atoms with Crippen LogP contribution in [-0.4, -0.2) is 23.7 Å². The van der Waals surface area contributed by atoms with E-state index in [1.807, 2.05) is 37.3 Å². The Labute approximate surface area is 108 Å². The van der Waals surface area contributed by atoms with Crippen LogP contribution in [0.1, 0.15) is 25.3 Å². The fraction of sp³-hybridized carbons (Fsp3) is 0.533. The molecule has 0 spiro atoms. The summed E-state index contributed by atoms with van der Waals surface area (Å²) < 4.78 is 0. The maximum absolute atomic E-state index is 12.0. The number of rotatable bonds is 6. The first-order chi connectivity index (χ1) is 8.70. The molecule has 1 aromatic carbocycles. The van der Waals surface area contributed by atoms with Crippen LogP contribution in [0.25, 0.3) is 0 Å². The molecule has 2 atom stereocenters. The molecule has 0 saturated heterocycles. The van der Waals surface area contributed by atoms with Crippen LogP contribution in [0.3, 0.4) is 0 Å². The smallest absolute Gasteiger partial charge is 0.223 e. The number of nitrogens with one attached hydrogen (secondary N) is 1. The first-order valence-electron chi connectivity index (χ1n) is 6.66. The third-order valence-corrected chi connectivity index (χ3v) is 3.63. The van der Waals surface area contributed by atoms with E-state index in [0.29, 0.717) is 12.3 Å². The van der Waals surface area contributed by atoms with E-state index in [9.17, 15) is 9.90 Å². The fourth-order valence-electron chi connectivity index (χ4n) is 2.20. The molecule has 3 nitrogen and oxygen atoms in total. The van der Waals surface area contributed by atoms with Gasteiger partial charge in [-0.05, 0) is 30.7 Å². The lowest BCUT2D eigenvalue weighted by Crippen LogP contribution is -2.42. The van der Waals surface area contributed by atoms with Crippen LogP contribution in [0.5, 0.6) is 0 Å². The summed E-state index contributed by atoms with van der Waals surface area (Å²) in [5.74, 6) is 0.711. The largest absolute Gasteiger partial charge is 0.394 e.